The highest BCUT2D eigenvalue weighted by atomic mass is 16.2. The van der Waals surface area contributed by atoms with Crippen LogP contribution in [0.2, 0.25) is 0 Å². The molecule has 0 saturated carbocycles. The van der Waals surface area contributed by atoms with E-state index in [2.05, 4.69) is 5.10 Å². The van der Waals surface area contributed by atoms with E-state index in [9.17, 15) is 4.79 Å². The lowest BCUT2D eigenvalue weighted by Crippen LogP contribution is -2.23. The molecule has 0 bridgehead atoms. The van der Waals surface area contributed by atoms with Gasteiger partial charge in [-0.3, -0.25) is 9.48 Å². The SMILES string of the molecule is CN(C)C(=O)Cc1ccc2c(cnn2C)c1. The van der Waals surface area contributed by atoms with Gasteiger partial charge in [-0.05, 0) is 17.7 Å². The van der Waals surface area contributed by atoms with Crippen molar-refractivity contribution in [1.82, 2.24) is 14.7 Å². The van der Waals surface area contributed by atoms with E-state index in [0.29, 0.717) is 6.42 Å². The Labute approximate surface area is 94.5 Å². The Hall–Kier alpha value is -1.84. The Kier molecular flexibility index (Phi) is 2.64. The van der Waals surface area contributed by atoms with Crippen LogP contribution in [0.25, 0.3) is 10.9 Å². The lowest BCUT2D eigenvalue weighted by molar-refractivity contribution is -0.127. The summed E-state index contributed by atoms with van der Waals surface area (Å²) in [4.78, 5) is 13.2. The minimum atomic E-state index is 0.114. The number of nitrogens with zero attached hydrogens (tertiary/aromatic N) is 3. The average molecular weight is 217 g/mol. The molecule has 84 valence electrons. The van der Waals surface area contributed by atoms with Crippen LogP contribution in [0, 0.1) is 0 Å². The van der Waals surface area contributed by atoms with Gasteiger partial charge >= 0.3 is 0 Å². The molecule has 0 aliphatic carbocycles. The van der Waals surface area contributed by atoms with Crippen molar-refractivity contribution < 1.29 is 4.79 Å². The molecule has 0 N–H and O–H groups in total. The predicted molar refractivity (Wildman–Crippen MR) is 63.1 cm³/mol. The van der Waals surface area contributed by atoms with Crippen LogP contribution >= 0.6 is 0 Å². The maximum Gasteiger partial charge on any atom is 0.226 e. The van der Waals surface area contributed by atoms with E-state index >= 15 is 0 Å². The summed E-state index contributed by atoms with van der Waals surface area (Å²) >= 11 is 0. The summed E-state index contributed by atoms with van der Waals surface area (Å²) in [5.74, 6) is 0.114. The van der Waals surface area contributed by atoms with E-state index in [1.807, 2.05) is 36.1 Å². The number of likely N-dealkylation sites (N-methyl/N-ethyl adjacent to an activating group) is 1. The largest absolute Gasteiger partial charge is 0.349 e. The van der Waals surface area contributed by atoms with Gasteiger partial charge in [-0.2, -0.15) is 5.10 Å². The number of fused-ring (bicyclic) bond motifs is 1. The van der Waals surface area contributed by atoms with Gasteiger partial charge in [0.2, 0.25) is 5.91 Å². The van der Waals surface area contributed by atoms with E-state index in [1.165, 1.54) is 0 Å². The Morgan fingerprint density at radius 1 is 1.44 bits per heavy atom. The van der Waals surface area contributed by atoms with Crippen LogP contribution in [-0.2, 0) is 18.3 Å². The van der Waals surface area contributed by atoms with E-state index in [1.54, 1.807) is 19.0 Å². The van der Waals surface area contributed by atoms with E-state index in [0.717, 1.165) is 16.5 Å². The van der Waals surface area contributed by atoms with Crippen molar-refractivity contribution >= 4 is 16.8 Å². The predicted octanol–water partition coefficient (Wildman–Crippen LogP) is 1.20. The van der Waals surface area contributed by atoms with Gasteiger partial charge < -0.3 is 4.90 Å². The first-order chi connectivity index (χ1) is 7.58. The second-order valence-electron chi connectivity index (χ2n) is 4.13. The fourth-order valence-electron chi connectivity index (χ4n) is 1.66. The van der Waals surface area contributed by atoms with Gasteiger partial charge in [0.15, 0.2) is 0 Å². The van der Waals surface area contributed by atoms with Crippen LogP contribution in [0.3, 0.4) is 0 Å². The maximum atomic E-state index is 11.6. The number of amides is 1. The van der Waals surface area contributed by atoms with Crippen molar-refractivity contribution in [1.29, 1.82) is 0 Å². The Balaban J connectivity index is 2.30. The molecule has 16 heavy (non-hydrogen) atoms. The van der Waals surface area contributed by atoms with Gasteiger partial charge in [0.25, 0.3) is 0 Å². The molecule has 0 fully saturated rings. The first-order valence-electron chi connectivity index (χ1n) is 5.18. The van der Waals surface area contributed by atoms with Crippen molar-refractivity contribution in [2.75, 3.05) is 14.1 Å². The Bertz CT molecular complexity index is 528. The molecule has 1 amide bonds. The average Bonchev–Trinajstić information content (AvgIpc) is 2.60. The van der Waals surface area contributed by atoms with Gasteiger partial charge in [-0.15, -0.1) is 0 Å². The van der Waals surface area contributed by atoms with Crippen molar-refractivity contribution in [3.8, 4) is 0 Å². The minimum absolute atomic E-state index is 0.114. The fraction of sp³-hybridized carbons (Fsp3) is 0.333. The van der Waals surface area contributed by atoms with Gasteiger partial charge in [-0.25, -0.2) is 0 Å². The standard InChI is InChI=1S/C12H15N3O/c1-14(2)12(16)7-9-4-5-11-10(6-9)8-13-15(11)3/h4-6,8H,7H2,1-3H3. The third-order valence-corrected chi connectivity index (χ3v) is 2.66. The number of aryl methyl sites for hydroxylation is 1. The normalized spacial score (nSPS) is 10.7. The van der Waals surface area contributed by atoms with E-state index in [4.69, 9.17) is 0 Å². The van der Waals surface area contributed by atoms with Gasteiger partial charge in [0, 0.05) is 26.5 Å². The maximum absolute atomic E-state index is 11.6. The zero-order valence-corrected chi connectivity index (χ0v) is 9.77. The molecule has 0 aliphatic heterocycles. The highest BCUT2D eigenvalue weighted by Gasteiger charge is 2.07. The summed E-state index contributed by atoms with van der Waals surface area (Å²) in [5, 5.41) is 5.25. The summed E-state index contributed by atoms with van der Waals surface area (Å²) in [6.07, 6.45) is 2.26. The zero-order chi connectivity index (χ0) is 11.7. The third-order valence-electron chi connectivity index (χ3n) is 2.66. The van der Waals surface area contributed by atoms with Crippen LogP contribution in [-0.4, -0.2) is 34.7 Å². The molecule has 1 aromatic heterocycles. The van der Waals surface area contributed by atoms with Crippen molar-refractivity contribution in [2.45, 2.75) is 6.42 Å². The number of hydrogen-bond acceptors (Lipinski definition) is 2. The molecule has 2 aromatic rings. The lowest BCUT2D eigenvalue weighted by Gasteiger charge is -2.09. The molecule has 4 heteroatoms. The smallest absolute Gasteiger partial charge is 0.226 e. The molecule has 0 unspecified atom stereocenters. The van der Waals surface area contributed by atoms with Crippen molar-refractivity contribution in [2.24, 2.45) is 7.05 Å². The van der Waals surface area contributed by atoms with Crippen LogP contribution in [0.4, 0.5) is 0 Å². The van der Waals surface area contributed by atoms with Crippen molar-refractivity contribution in [3.63, 3.8) is 0 Å². The second-order valence-corrected chi connectivity index (χ2v) is 4.13. The number of benzene rings is 1. The molecule has 0 radical (unpaired) electrons. The zero-order valence-electron chi connectivity index (χ0n) is 9.77. The number of rotatable bonds is 2. The summed E-state index contributed by atoms with van der Waals surface area (Å²) in [6.45, 7) is 0. The third kappa shape index (κ3) is 1.91. The van der Waals surface area contributed by atoms with Gasteiger partial charge in [-0.1, -0.05) is 6.07 Å². The topological polar surface area (TPSA) is 38.1 Å². The Morgan fingerprint density at radius 3 is 2.88 bits per heavy atom. The number of hydrogen-bond donors (Lipinski definition) is 0. The molecular formula is C12H15N3O. The van der Waals surface area contributed by atoms with Crippen LogP contribution in [0.5, 0.6) is 0 Å². The first-order valence-corrected chi connectivity index (χ1v) is 5.18. The van der Waals surface area contributed by atoms with Crippen LogP contribution in [0.1, 0.15) is 5.56 Å². The monoisotopic (exact) mass is 217 g/mol. The molecular weight excluding hydrogens is 202 g/mol. The molecule has 0 aliphatic rings. The molecule has 4 nitrogen and oxygen atoms in total. The number of carbonyl (C=O) groups excluding carboxylic acids is 1. The molecule has 1 heterocycles. The number of aromatic nitrogens is 2. The summed E-state index contributed by atoms with van der Waals surface area (Å²) in [7, 11) is 5.45. The summed E-state index contributed by atoms with van der Waals surface area (Å²) < 4.78 is 1.83. The molecule has 0 spiro atoms. The molecule has 0 atom stereocenters. The highest BCUT2D eigenvalue weighted by Crippen LogP contribution is 2.15. The summed E-state index contributed by atoms with van der Waals surface area (Å²) in [5.41, 5.74) is 2.11. The molecule has 2 rings (SSSR count). The quantitative estimate of drug-likeness (QED) is 0.758. The van der Waals surface area contributed by atoms with E-state index in [-0.39, 0.29) is 5.91 Å². The Morgan fingerprint density at radius 2 is 2.19 bits per heavy atom. The highest BCUT2D eigenvalue weighted by molar-refractivity contribution is 5.83. The van der Waals surface area contributed by atoms with Gasteiger partial charge in [0.1, 0.15) is 0 Å². The summed E-state index contributed by atoms with van der Waals surface area (Å²) in [6, 6.07) is 6.00. The van der Waals surface area contributed by atoms with Crippen molar-refractivity contribution in [3.05, 3.63) is 30.0 Å². The lowest BCUT2D eigenvalue weighted by atomic mass is 10.1. The number of carbonyl (C=O) groups is 1. The van der Waals surface area contributed by atoms with Gasteiger partial charge in [0.05, 0.1) is 18.1 Å². The van der Waals surface area contributed by atoms with Crippen LogP contribution in [0.15, 0.2) is 24.4 Å². The molecule has 1 aromatic carbocycles. The molecule has 0 saturated heterocycles. The van der Waals surface area contributed by atoms with Crippen LogP contribution < -0.4 is 0 Å². The second kappa shape index (κ2) is 3.96. The van der Waals surface area contributed by atoms with E-state index < -0.39 is 0 Å². The first kappa shape index (κ1) is 10.7. The fourth-order valence-corrected chi connectivity index (χ4v) is 1.66. The minimum Gasteiger partial charge on any atom is -0.349 e.